The molecule has 0 saturated carbocycles. The SMILES string of the molecule is Cc1cc(C(O)C(O)CCN)cnc1F. The summed E-state index contributed by atoms with van der Waals surface area (Å²) in [7, 11) is 0. The predicted molar refractivity (Wildman–Crippen MR) is 53.6 cm³/mol. The number of aryl methyl sites for hydroxylation is 1. The minimum absolute atomic E-state index is 0.284. The van der Waals surface area contributed by atoms with E-state index in [9.17, 15) is 14.6 Å². The Labute approximate surface area is 87.6 Å². The lowest BCUT2D eigenvalue weighted by atomic mass is 10.0. The highest BCUT2D eigenvalue weighted by molar-refractivity contribution is 5.20. The largest absolute Gasteiger partial charge is 0.390 e. The fraction of sp³-hybridized carbons (Fsp3) is 0.500. The van der Waals surface area contributed by atoms with Crippen molar-refractivity contribution in [2.45, 2.75) is 25.6 Å². The molecule has 0 aliphatic heterocycles. The Morgan fingerprint density at radius 2 is 2.20 bits per heavy atom. The molecule has 1 aromatic rings. The van der Waals surface area contributed by atoms with Crippen molar-refractivity contribution < 1.29 is 14.6 Å². The molecule has 1 aromatic heterocycles. The van der Waals surface area contributed by atoms with Crippen molar-refractivity contribution in [2.24, 2.45) is 5.73 Å². The van der Waals surface area contributed by atoms with Gasteiger partial charge >= 0.3 is 0 Å². The van der Waals surface area contributed by atoms with Crippen LogP contribution in [-0.2, 0) is 0 Å². The van der Waals surface area contributed by atoms with Crippen molar-refractivity contribution in [3.63, 3.8) is 0 Å². The maximum absolute atomic E-state index is 12.8. The van der Waals surface area contributed by atoms with Crippen molar-refractivity contribution in [1.29, 1.82) is 0 Å². The third-order valence-electron chi connectivity index (χ3n) is 2.20. The summed E-state index contributed by atoms with van der Waals surface area (Å²) < 4.78 is 12.8. The normalized spacial score (nSPS) is 15.0. The first-order valence-corrected chi connectivity index (χ1v) is 4.74. The molecule has 1 heterocycles. The van der Waals surface area contributed by atoms with Gasteiger partial charge in [-0.15, -0.1) is 0 Å². The molecule has 15 heavy (non-hydrogen) atoms. The number of nitrogens with two attached hydrogens (primary N) is 1. The van der Waals surface area contributed by atoms with Crippen LogP contribution >= 0.6 is 0 Å². The van der Waals surface area contributed by atoms with E-state index in [1.165, 1.54) is 12.3 Å². The van der Waals surface area contributed by atoms with E-state index < -0.39 is 18.2 Å². The quantitative estimate of drug-likeness (QED) is 0.629. The maximum atomic E-state index is 12.8. The van der Waals surface area contributed by atoms with Gasteiger partial charge in [-0.1, -0.05) is 0 Å². The average Bonchev–Trinajstić information content (AvgIpc) is 2.21. The molecule has 84 valence electrons. The third-order valence-corrected chi connectivity index (χ3v) is 2.20. The minimum Gasteiger partial charge on any atom is -0.390 e. The van der Waals surface area contributed by atoms with Crippen molar-refractivity contribution in [1.82, 2.24) is 4.98 Å². The highest BCUT2D eigenvalue weighted by Gasteiger charge is 2.18. The Kier molecular flexibility index (Phi) is 4.14. The zero-order chi connectivity index (χ0) is 11.4. The Morgan fingerprint density at radius 1 is 1.53 bits per heavy atom. The molecule has 0 aromatic carbocycles. The van der Waals surface area contributed by atoms with E-state index in [4.69, 9.17) is 5.73 Å². The minimum atomic E-state index is -1.07. The molecular formula is C10H15FN2O2. The van der Waals surface area contributed by atoms with Gasteiger partial charge < -0.3 is 15.9 Å². The Hall–Kier alpha value is -1.04. The number of aliphatic hydroxyl groups excluding tert-OH is 2. The highest BCUT2D eigenvalue weighted by atomic mass is 19.1. The number of nitrogens with zero attached hydrogens (tertiary/aromatic N) is 1. The summed E-state index contributed by atoms with van der Waals surface area (Å²) in [4.78, 5) is 3.47. The van der Waals surface area contributed by atoms with Crippen molar-refractivity contribution >= 4 is 0 Å². The monoisotopic (exact) mass is 214 g/mol. The van der Waals surface area contributed by atoms with E-state index >= 15 is 0 Å². The van der Waals surface area contributed by atoms with Gasteiger partial charge in [-0.2, -0.15) is 4.39 Å². The average molecular weight is 214 g/mol. The molecule has 0 aliphatic carbocycles. The van der Waals surface area contributed by atoms with Crippen molar-refractivity contribution in [2.75, 3.05) is 6.54 Å². The fourth-order valence-corrected chi connectivity index (χ4v) is 1.29. The molecule has 4 nitrogen and oxygen atoms in total. The smallest absolute Gasteiger partial charge is 0.215 e. The Morgan fingerprint density at radius 3 is 2.73 bits per heavy atom. The molecule has 0 aliphatic rings. The van der Waals surface area contributed by atoms with Crippen LogP contribution in [0.2, 0.25) is 0 Å². The van der Waals surface area contributed by atoms with Gasteiger partial charge in [-0.05, 0) is 26.0 Å². The lowest BCUT2D eigenvalue weighted by Crippen LogP contribution is -2.22. The first kappa shape index (κ1) is 12.0. The molecule has 0 bridgehead atoms. The molecular weight excluding hydrogens is 199 g/mol. The zero-order valence-corrected chi connectivity index (χ0v) is 8.52. The van der Waals surface area contributed by atoms with E-state index in [0.717, 1.165) is 0 Å². The number of aliphatic hydroxyl groups is 2. The Bertz CT molecular complexity index is 333. The van der Waals surface area contributed by atoms with Crippen LogP contribution in [0.15, 0.2) is 12.3 Å². The van der Waals surface area contributed by atoms with Crippen LogP contribution in [0.3, 0.4) is 0 Å². The van der Waals surface area contributed by atoms with E-state index in [2.05, 4.69) is 4.98 Å². The zero-order valence-electron chi connectivity index (χ0n) is 8.52. The molecule has 0 amide bonds. The summed E-state index contributed by atoms with van der Waals surface area (Å²) >= 11 is 0. The lowest BCUT2D eigenvalue weighted by molar-refractivity contribution is 0.0147. The number of halogens is 1. The van der Waals surface area contributed by atoms with E-state index in [0.29, 0.717) is 11.1 Å². The van der Waals surface area contributed by atoms with Crippen LogP contribution in [0.25, 0.3) is 0 Å². The number of hydrogen-bond donors (Lipinski definition) is 3. The predicted octanol–water partition coefficient (Wildman–Crippen LogP) is 0.272. The molecule has 1 rings (SSSR count). The summed E-state index contributed by atoms with van der Waals surface area (Å²) in [5.74, 6) is -0.570. The molecule has 2 atom stereocenters. The summed E-state index contributed by atoms with van der Waals surface area (Å²) in [5, 5.41) is 19.1. The fourth-order valence-electron chi connectivity index (χ4n) is 1.29. The molecule has 0 fully saturated rings. The van der Waals surface area contributed by atoms with E-state index in [1.54, 1.807) is 6.92 Å². The number of hydrogen-bond acceptors (Lipinski definition) is 4. The van der Waals surface area contributed by atoms with E-state index in [-0.39, 0.29) is 13.0 Å². The van der Waals surface area contributed by atoms with Crippen LogP contribution in [0, 0.1) is 12.9 Å². The van der Waals surface area contributed by atoms with Crippen LogP contribution in [0.4, 0.5) is 4.39 Å². The molecule has 2 unspecified atom stereocenters. The van der Waals surface area contributed by atoms with Gasteiger partial charge in [0.05, 0.1) is 6.10 Å². The standard InChI is InChI=1S/C10H15FN2O2/c1-6-4-7(5-13-10(6)11)9(15)8(14)2-3-12/h4-5,8-9,14-15H,2-3,12H2,1H3. The second kappa shape index (κ2) is 5.16. The van der Waals surface area contributed by atoms with Gasteiger partial charge in [0.25, 0.3) is 0 Å². The highest BCUT2D eigenvalue weighted by Crippen LogP contribution is 2.19. The van der Waals surface area contributed by atoms with Crippen molar-refractivity contribution in [3.05, 3.63) is 29.3 Å². The molecule has 4 N–H and O–H groups in total. The van der Waals surface area contributed by atoms with Gasteiger partial charge in [0.1, 0.15) is 6.10 Å². The molecule has 0 spiro atoms. The van der Waals surface area contributed by atoms with Gasteiger partial charge in [-0.3, -0.25) is 0 Å². The number of rotatable bonds is 4. The second-order valence-electron chi connectivity index (χ2n) is 3.47. The molecule has 0 saturated heterocycles. The molecule has 5 heteroatoms. The maximum Gasteiger partial charge on any atom is 0.215 e. The van der Waals surface area contributed by atoms with Crippen molar-refractivity contribution in [3.8, 4) is 0 Å². The van der Waals surface area contributed by atoms with Gasteiger partial charge in [0.2, 0.25) is 5.95 Å². The first-order chi connectivity index (χ1) is 7.06. The Balaban J connectivity index is 2.81. The lowest BCUT2D eigenvalue weighted by Gasteiger charge is -2.17. The topological polar surface area (TPSA) is 79.4 Å². The van der Waals surface area contributed by atoms with Gasteiger partial charge in [0, 0.05) is 17.3 Å². The summed E-state index contributed by atoms with van der Waals surface area (Å²) in [6.07, 6.45) is -0.508. The van der Waals surface area contributed by atoms with Crippen LogP contribution in [0.1, 0.15) is 23.7 Å². The van der Waals surface area contributed by atoms with Crippen LogP contribution in [-0.4, -0.2) is 27.8 Å². The summed E-state index contributed by atoms with van der Waals surface area (Å²) in [5.41, 5.74) is 5.99. The molecule has 0 radical (unpaired) electrons. The van der Waals surface area contributed by atoms with Crippen LogP contribution < -0.4 is 5.73 Å². The summed E-state index contributed by atoms with van der Waals surface area (Å²) in [6.45, 7) is 1.83. The second-order valence-corrected chi connectivity index (χ2v) is 3.47. The third kappa shape index (κ3) is 2.95. The summed E-state index contributed by atoms with van der Waals surface area (Å²) in [6, 6.07) is 1.47. The van der Waals surface area contributed by atoms with E-state index in [1.807, 2.05) is 0 Å². The van der Waals surface area contributed by atoms with Gasteiger partial charge in [-0.25, -0.2) is 4.98 Å². The van der Waals surface area contributed by atoms with Crippen LogP contribution in [0.5, 0.6) is 0 Å². The number of aromatic nitrogens is 1. The number of pyridine rings is 1. The first-order valence-electron chi connectivity index (χ1n) is 4.74. The van der Waals surface area contributed by atoms with Gasteiger partial charge in [0.15, 0.2) is 0 Å².